The standard InChI is InChI=1S/C28H23ClF2N2O2S.Na.H/c29-20-11-10-19-26(24(20)31)33(15-14-32-13-12-16-4-1-2-6-21(16)32)25(17-8-9-17)27(19)36-22-7-3-5-18(23(22)30)28(34)35;;/h1-7,10-11,17H,8-9,12-15H2,(H,34,35);;/q;+1;-1. The molecule has 4 nitrogen and oxygen atoms in total. The number of hydrogen-bond acceptors (Lipinski definition) is 3. The summed E-state index contributed by atoms with van der Waals surface area (Å²) in [5.74, 6) is -2.33. The van der Waals surface area contributed by atoms with Gasteiger partial charge in [0.25, 0.3) is 0 Å². The van der Waals surface area contributed by atoms with Gasteiger partial charge in [0.05, 0.1) is 16.1 Å². The van der Waals surface area contributed by atoms with Crippen molar-refractivity contribution in [3.8, 4) is 0 Å². The number of fused-ring (bicyclic) bond motifs is 2. The fourth-order valence-electron chi connectivity index (χ4n) is 5.19. The summed E-state index contributed by atoms with van der Waals surface area (Å²) < 4.78 is 32.7. The summed E-state index contributed by atoms with van der Waals surface area (Å²) in [4.78, 5) is 14.8. The molecule has 1 N–H and O–H groups in total. The van der Waals surface area contributed by atoms with Crippen LogP contribution in [0, 0.1) is 11.6 Å². The molecule has 37 heavy (non-hydrogen) atoms. The van der Waals surface area contributed by atoms with Crippen molar-refractivity contribution in [1.29, 1.82) is 0 Å². The maximum absolute atomic E-state index is 15.5. The maximum atomic E-state index is 15.5. The van der Waals surface area contributed by atoms with Gasteiger partial charge in [-0.05, 0) is 55.2 Å². The topological polar surface area (TPSA) is 45.5 Å². The molecule has 3 aromatic carbocycles. The summed E-state index contributed by atoms with van der Waals surface area (Å²) in [6.07, 6.45) is 2.94. The van der Waals surface area contributed by atoms with E-state index in [9.17, 15) is 9.90 Å². The van der Waals surface area contributed by atoms with Gasteiger partial charge in [0.1, 0.15) is 0 Å². The van der Waals surface area contributed by atoms with Crippen LogP contribution in [0.3, 0.4) is 0 Å². The molecule has 1 aliphatic carbocycles. The predicted molar refractivity (Wildman–Crippen MR) is 140 cm³/mol. The molecule has 1 saturated carbocycles. The minimum absolute atomic E-state index is 0. The van der Waals surface area contributed by atoms with E-state index in [1.54, 1.807) is 12.1 Å². The van der Waals surface area contributed by atoms with E-state index in [-0.39, 0.29) is 52.4 Å². The van der Waals surface area contributed by atoms with Gasteiger partial charge in [0.2, 0.25) is 0 Å². The number of aromatic nitrogens is 1. The molecule has 0 amide bonds. The van der Waals surface area contributed by atoms with Gasteiger partial charge in [-0.2, -0.15) is 0 Å². The van der Waals surface area contributed by atoms with Crippen LogP contribution in [-0.2, 0) is 13.0 Å². The molecule has 1 aliphatic heterocycles. The number of halogens is 3. The number of hydrogen-bond donors (Lipinski definition) is 1. The summed E-state index contributed by atoms with van der Waals surface area (Å²) in [6, 6.07) is 16.0. The molecule has 0 atom stereocenters. The Morgan fingerprint density at radius 1 is 1.05 bits per heavy atom. The predicted octanol–water partition coefficient (Wildman–Crippen LogP) is 4.48. The van der Waals surface area contributed by atoms with E-state index in [2.05, 4.69) is 17.0 Å². The summed E-state index contributed by atoms with van der Waals surface area (Å²) >= 11 is 7.39. The number of nitrogens with zero attached hydrogens (tertiary/aromatic N) is 2. The van der Waals surface area contributed by atoms with Crippen molar-refractivity contribution in [2.45, 2.75) is 41.5 Å². The van der Waals surface area contributed by atoms with Gasteiger partial charge in [-0.25, -0.2) is 13.6 Å². The first-order chi connectivity index (χ1) is 17.4. The third kappa shape index (κ3) is 4.81. The quantitative estimate of drug-likeness (QED) is 0.346. The Balaban J connectivity index is 0.00000168. The van der Waals surface area contributed by atoms with E-state index >= 15 is 8.78 Å². The van der Waals surface area contributed by atoms with Crippen LogP contribution in [0.4, 0.5) is 14.5 Å². The monoisotopic (exact) mass is 548 g/mol. The number of carboxylic acids is 1. The fraction of sp³-hybridized carbons (Fsp3) is 0.250. The molecule has 2 aliphatic rings. The molecule has 1 aromatic heterocycles. The Bertz CT molecular complexity index is 1530. The van der Waals surface area contributed by atoms with Crippen molar-refractivity contribution in [2.75, 3.05) is 18.0 Å². The minimum atomic E-state index is -1.32. The average molecular weight is 549 g/mol. The Morgan fingerprint density at radius 3 is 2.59 bits per heavy atom. The largest absolute Gasteiger partial charge is 1.00 e. The second-order valence-electron chi connectivity index (χ2n) is 9.29. The van der Waals surface area contributed by atoms with Crippen molar-refractivity contribution >= 4 is 45.9 Å². The van der Waals surface area contributed by atoms with Gasteiger partial charge in [-0.3, -0.25) is 0 Å². The normalized spacial score (nSPS) is 14.6. The molecule has 6 rings (SSSR count). The molecule has 0 radical (unpaired) electrons. The van der Waals surface area contributed by atoms with E-state index in [1.807, 2.05) is 16.7 Å². The molecule has 0 spiro atoms. The molecule has 4 aromatic rings. The zero-order valence-electron chi connectivity index (χ0n) is 21.3. The summed E-state index contributed by atoms with van der Waals surface area (Å²) in [7, 11) is 0. The average Bonchev–Trinajstić information content (AvgIpc) is 3.55. The van der Waals surface area contributed by atoms with Crippen molar-refractivity contribution < 1.29 is 49.7 Å². The van der Waals surface area contributed by atoms with Crippen molar-refractivity contribution in [3.05, 3.63) is 88.1 Å². The molecule has 0 unspecified atom stereocenters. The Kier molecular flexibility index (Phi) is 7.63. The molecule has 2 heterocycles. The maximum Gasteiger partial charge on any atom is 1.00 e. The second kappa shape index (κ2) is 10.6. The van der Waals surface area contributed by atoms with Gasteiger partial charge >= 0.3 is 35.5 Å². The number of carboxylic acid groups (broad SMARTS) is 1. The number of benzene rings is 3. The number of carbonyl (C=O) groups is 1. The van der Waals surface area contributed by atoms with Gasteiger partial charge in [-0.15, -0.1) is 0 Å². The molecule has 1 fully saturated rings. The van der Waals surface area contributed by atoms with Gasteiger partial charge < -0.3 is 16.0 Å². The Labute approximate surface area is 246 Å². The first-order valence-electron chi connectivity index (χ1n) is 12.0. The number of aromatic carboxylic acids is 1. The molecular weight excluding hydrogens is 525 g/mol. The van der Waals surface area contributed by atoms with Crippen LogP contribution in [0.1, 0.15) is 41.8 Å². The third-order valence-electron chi connectivity index (χ3n) is 7.05. The Hall–Kier alpha value is -2.03. The molecule has 186 valence electrons. The fourth-order valence-corrected chi connectivity index (χ4v) is 6.57. The van der Waals surface area contributed by atoms with Crippen molar-refractivity contribution in [3.63, 3.8) is 0 Å². The van der Waals surface area contributed by atoms with E-state index in [1.165, 1.54) is 41.2 Å². The van der Waals surface area contributed by atoms with Gasteiger partial charge in [0, 0.05) is 52.1 Å². The molecule has 0 bridgehead atoms. The van der Waals surface area contributed by atoms with E-state index < -0.39 is 17.6 Å². The first kappa shape index (κ1) is 26.6. The van der Waals surface area contributed by atoms with E-state index in [4.69, 9.17) is 11.6 Å². The second-order valence-corrected chi connectivity index (χ2v) is 10.7. The first-order valence-corrected chi connectivity index (χ1v) is 13.2. The van der Waals surface area contributed by atoms with Crippen LogP contribution in [0.2, 0.25) is 5.02 Å². The third-order valence-corrected chi connectivity index (χ3v) is 8.51. The summed E-state index contributed by atoms with van der Waals surface area (Å²) in [6.45, 7) is 2.18. The minimum Gasteiger partial charge on any atom is -1.00 e. The van der Waals surface area contributed by atoms with Crippen LogP contribution in [0.25, 0.3) is 10.9 Å². The molecule has 9 heteroatoms. The SMILES string of the molecule is O=C(O)c1cccc(Sc2c(C3CC3)n(CCN3CCc4ccccc43)c3c(F)c(Cl)ccc23)c1F.[H-].[Na+]. The van der Waals surface area contributed by atoms with E-state index in [0.29, 0.717) is 24.0 Å². The van der Waals surface area contributed by atoms with E-state index in [0.717, 1.165) is 36.4 Å². The van der Waals surface area contributed by atoms with Crippen LogP contribution in [0.15, 0.2) is 64.4 Å². The molecule has 0 saturated heterocycles. The van der Waals surface area contributed by atoms with Crippen molar-refractivity contribution in [1.82, 2.24) is 4.57 Å². The number of anilines is 1. The smallest absolute Gasteiger partial charge is 1.00 e. The van der Waals surface area contributed by atoms with Crippen LogP contribution >= 0.6 is 23.4 Å². The summed E-state index contributed by atoms with van der Waals surface area (Å²) in [5.41, 5.74) is 3.55. The van der Waals surface area contributed by atoms with Crippen LogP contribution in [0.5, 0.6) is 0 Å². The zero-order valence-corrected chi connectivity index (χ0v) is 23.9. The number of para-hydroxylation sites is 1. The summed E-state index contributed by atoms with van der Waals surface area (Å²) in [5, 5.41) is 10.1. The zero-order chi connectivity index (χ0) is 25.0. The van der Waals surface area contributed by atoms with Gasteiger partial charge in [-0.1, -0.05) is 47.6 Å². The van der Waals surface area contributed by atoms with Crippen LogP contribution < -0.4 is 34.5 Å². The molecular formula is C28H24ClF2N2NaO2S. The van der Waals surface area contributed by atoms with Crippen molar-refractivity contribution in [2.24, 2.45) is 0 Å². The van der Waals surface area contributed by atoms with Gasteiger partial charge in [0.15, 0.2) is 11.6 Å². The van der Waals surface area contributed by atoms with Crippen LogP contribution in [-0.4, -0.2) is 28.7 Å². The Morgan fingerprint density at radius 2 is 1.84 bits per heavy atom. The number of rotatable bonds is 7.